The highest BCUT2D eigenvalue weighted by Crippen LogP contribution is 2.12. The minimum Gasteiger partial charge on any atom is -0.446 e. The van der Waals surface area contributed by atoms with Crippen molar-refractivity contribution >= 4 is 35.7 Å². The number of hydrogen-bond donors (Lipinski definition) is 9. The lowest BCUT2D eigenvalue weighted by molar-refractivity contribution is -0.128. The molecule has 0 aromatic heterocycles. The summed E-state index contributed by atoms with van der Waals surface area (Å²) in [6.45, 7) is 5.92. The average molecular weight is 672 g/mol. The van der Waals surface area contributed by atoms with E-state index in [2.05, 4.69) is 21.3 Å². The van der Waals surface area contributed by atoms with E-state index < -0.39 is 42.1 Å². The lowest BCUT2D eigenvalue weighted by Gasteiger charge is -2.22. The predicted octanol–water partition coefficient (Wildman–Crippen LogP) is -1.08. The molecule has 19 nitrogen and oxygen atoms in total. The van der Waals surface area contributed by atoms with Crippen molar-refractivity contribution in [2.45, 2.75) is 45.4 Å². The molecule has 0 radical (unpaired) electrons. The maximum atomic E-state index is 13.0. The summed E-state index contributed by atoms with van der Waals surface area (Å²) < 4.78 is 25.9. The van der Waals surface area contributed by atoms with E-state index in [1.165, 1.54) is 0 Å². The number of nitrogens with one attached hydrogen (secondary N) is 6. The molecule has 2 atom stereocenters. The molecule has 266 valence electrons. The van der Waals surface area contributed by atoms with Crippen LogP contribution in [0.4, 0.5) is 20.1 Å². The first kappa shape index (κ1) is 40.8. The van der Waals surface area contributed by atoms with E-state index >= 15 is 0 Å². The number of rotatable bonds is 24. The molecule has 0 heterocycles. The molecule has 0 aliphatic rings. The number of hydrogen-bond acceptors (Lipinski definition) is 13. The van der Waals surface area contributed by atoms with Gasteiger partial charge in [-0.15, -0.1) is 0 Å². The Labute approximate surface area is 273 Å². The number of ether oxygens (including phenoxy) is 5. The van der Waals surface area contributed by atoms with Gasteiger partial charge >= 0.3 is 18.2 Å². The zero-order valence-electron chi connectivity index (χ0n) is 26.8. The van der Waals surface area contributed by atoms with E-state index in [0.29, 0.717) is 44.1 Å². The first-order valence-electron chi connectivity index (χ1n) is 15.0. The van der Waals surface area contributed by atoms with Gasteiger partial charge in [-0.05, 0) is 36.5 Å². The van der Waals surface area contributed by atoms with E-state index in [9.17, 15) is 24.0 Å². The topological polar surface area (TPSA) is 282 Å². The number of carbonyl (C=O) groups is 5. The van der Waals surface area contributed by atoms with Crippen LogP contribution in [0, 0.1) is 5.92 Å². The van der Waals surface area contributed by atoms with E-state index in [4.69, 9.17) is 41.0 Å². The van der Waals surface area contributed by atoms with Gasteiger partial charge < -0.3 is 56.4 Å². The van der Waals surface area contributed by atoms with Crippen LogP contribution in [0.5, 0.6) is 0 Å². The van der Waals surface area contributed by atoms with Gasteiger partial charge in [0, 0.05) is 18.8 Å². The maximum absolute atomic E-state index is 13.0. The largest absolute Gasteiger partial charge is 0.446 e. The van der Waals surface area contributed by atoms with E-state index in [0.717, 1.165) is 0 Å². The zero-order chi connectivity index (χ0) is 34.9. The molecule has 12 N–H and O–H groups in total. The van der Waals surface area contributed by atoms with Gasteiger partial charge in [0.05, 0.1) is 45.7 Å². The predicted molar refractivity (Wildman–Crippen MR) is 169 cm³/mol. The van der Waals surface area contributed by atoms with Crippen LogP contribution in [-0.4, -0.2) is 101 Å². The molecule has 6 amide bonds. The summed E-state index contributed by atoms with van der Waals surface area (Å²) >= 11 is 0. The van der Waals surface area contributed by atoms with Crippen LogP contribution in [-0.2, 0) is 39.9 Å². The quantitative estimate of drug-likeness (QED) is 0.0360. The van der Waals surface area contributed by atoms with Crippen molar-refractivity contribution in [2.75, 3.05) is 64.7 Å². The van der Waals surface area contributed by atoms with Gasteiger partial charge in [-0.1, -0.05) is 26.0 Å². The molecule has 0 saturated carbocycles. The first-order chi connectivity index (χ1) is 22.5. The summed E-state index contributed by atoms with van der Waals surface area (Å²) in [4.78, 5) is 59.3. The Bertz CT molecular complexity index is 1080. The lowest BCUT2D eigenvalue weighted by Crippen LogP contribution is -2.51. The average Bonchev–Trinajstić information content (AvgIpc) is 3.03. The van der Waals surface area contributed by atoms with E-state index in [1.807, 2.05) is 11.0 Å². The normalized spacial score (nSPS) is 12.0. The van der Waals surface area contributed by atoms with Gasteiger partial charge in [-0.3, -0.25) is 15.4 Å². The van der Waals surface area contributed by atoms with Gasteiger partial charge in [-0.2, -0.15) is 5.53 Å². The Balaban J connectivity index is 2.27. The number of alkyl carbamates (subject to hydrolysis) is 1. The Morgan fingerprint density at radius 3 is 1.98 bits per heavy atom. The summed E-state index contributed by atoms with van der Waals surface area (Å²) in [6.07, 6.45) is -0.696. The molecule has 47 heavy (non-hydrogen) atoms. The third kappa shape index (κ3) is 20.5. The van der Waals surface area contributed by atoms with Gasteiger partial charge in [0.15, 0.2) is 0 Å². The maximum Gasteiger partial charge on any atom is 0.422 e. The molecular formula is C28H49N9O10. The second kappa shape index (κ2) is 24.9. The number of anilines is 1. The fourth-order valence-electron chi connectivity index (χ4n) is 3.53. The molecule has 1 rings (SSSR count). The van der Waals surface area contributed by atoms with Crippen molar-refractivity contribution < 1.29 is 47.7 Å². The number of primary amides is 1. The van der Waals surface area contributed by atoms with Crippen molar-refractivity contribution in [1.29, 1.82) is 0 Å². The molecule has 0 unspecified atom stereocenters. The van der Waals surface area contributed by atoms with Gasteiger partial charge in [0.1, 0.15) is 19.3 Å². The molecular weight excluding hydrogens is 622 g/mol. The number of carbonyl (C=O) groups excluding carboxylic acids is 5. The van der Waals surface area contributed by atoms with Crippen LogP contribution in [0.25, 0.3) is 0 Å². The second-order valence-corrected chi connectivity index (χ2v) is 10.2. The second-order valence-electron chi connectivity index (χ2n) is 10.2. The van der Waals surface area contributed by atoms with E-state index in [1.54, 1.807) is 38.1 Å². The van der Waals surface area contributed by atoms with Crippen molar-refractivity contribution in [2.24, 2.45) is 23.2 Å². The monoisotopic (exact) mass is 671 g/mol. The molecule has 1 aromatic carbocycles. The molecule has 19 heteroatoms. The number of nitrogens with two attached hydrogens (primary N) is 3. The molecule has 0 fully saturated rings. The van der Waals surface area contributed by atoms with Crippen LogP contribution >= 0.6 is 0 Å². The highest BCUT2D eigenvalue weighted by atomic mass is 16.6. The smallest absolute Gasteiger partial charge is 0.422 e. The van der Waals surface area contributed by atoms with Crippen LogP contribution in [0.3, 0.4) is 0 Å². The van der Waals surface area contributed by atoms with Crippen molar-refractivity contribution in [3.8, 4) is 0 Å². The minimum atomic E-state index is -0.890. The van der Waals surface area contributed by atoms with Crippen LogP contribution < -0.4 is 49.5 Å². The van der Waals surface area contributed by atoms with Crippen molar-refractivity contribution in [3.63, 3.8) is 0 Å². The molecule has 0 spiro atoms. The fourth-order valence-corrected chi connectivity index (χ4v) is 3.53. The van der Waals surface area contributed by atoms with Crippen LogP contribution in [0.15, 0.2) is 24.3 Å². The SMILES string of the molecule is CC(C)[C@H](N)C(=O)N[C@@H](CCCNC(N)=O)C(=O)Nc1ccc(COC(=O)NCCOCCOCCOCCOC(=O)NNN)cc1. The Morgan fingerprint density at radius 2 is 1.38 bits per heavy atom. The zero-order valence-corrected chi connectivity index (χ0v) is 26.8. The summed E-state index contributed by atoms with van der Waals surface area (Å²) in [5, 5.41) is 10.5. The number of amides is 6. The van der Waals surface area contributed by atoms with Crippen molar-refractivity contribution in [3.05, 3.63) is 29.8 Å². The Morgan fingerprint density at radius 1 is 0.766 bits per heavy atom. The Hall–Kier alpha value is -4.27. The summed E-state index contributed by atoms with van der Waals surface area (Å²) in [7, 11) is 0. The standard InChI is InChI=1S/C28H49N9O10/c1-19(2)23(29)25(39)35-22(4-3-9-32-26(30)40)24(38)34-21-7-5-20(6-8-21)18-47-27(41)33-10-11-43-12-13-44-14-15-45-16-17-46-28(42)36-37-31/h5-8,19,22-23,37H,3-4,9-18,29,31H2,1-2H3,(H,33,41)(H,34,38)(H,35,39)(H,36,42)(H3,30,32,40)/t22-,23-/m0/s1. The molecule has 1 aromatic rings. The minimum absolute atomic E-state index is 0.000304. The highest BCUT2D eigenvalue weighted by molar-refractivity contribution is 5.97. The fraction of sp³-hybridized carbons (Fsp3) is 0.607. The third-order valence-corrected chi connectivity index (χ3v) is 6.11. The number of urea groups is 1. The third-order valence-electron chi connectivity index (χ3n) is 6.11. The summed E-state index contributed by atoms with van der Waals surface area (Å²) in [5.74, 6) is 3.86. The molecule has 0 aliphatic heterocycles. The number of benzene rings is 1. The van der Waals surface area contributed by atoms with Crippen molar-refractivity contribution in [1.82, 2.24) is 26.9 Å². The summed E-state index contributed by atoms with van der Waals surface area (Å²) in [5.41, 5.74) is 16.1. The lowest BCUT2D eigenvalue weighted by atomic mass is 10.0. The summed E-state index contributed by atoms with van der Waals surface area (Å²) in [6, 6.07) is 4.29. The molecule has 0 aliphatic carbocycles. The molecule has 0 bridgehead atoms. The van der Waals surface area contributed by atoms with Gasteiger partial charge in [-0.25, -0.2) is 19.8 Å². The van der Waals surface area contributed by atoms with Gasteiger partial charge in [0.2, 0.25) is 11.8 Å². The van der Waals surface area contributed by atoms with Gasteiger partial charge in [0.25, 0.3) is 0 Å². The van der Waals surface area contributed by atoms with Crippen LogP contribution in [0.2, 0.25) is 0 Å². The van der Waals surface area contributed by atoms with Crippen LogP contribution in [0.1, 0.15) is 32.3 Å². The highest BCUT2D eigenvalue weighted by Gasteiger charge is 2.25. The molecule has 0 saturated heterocycles. The Kier molecular flexibility index (Phi) is 21.6. The first-order valence-corrected chi connectivity index (χ1v) is 15.0. The van der Waals surface area contributed by atoms with E-state index in [-0.39, 0.29) is 51.9 Å². The number of hydrazine groups is 2.